The van der Waals surface area contributed by atoms with Gasteiger partial charge >= 0.3 is 0 Å². The number of nitrogens with one attached hydrogen (secondary N) is 1. The van der Waals surface area contributed by atoms with Crippen LogP contribution >= 0.6 is 0 Å². The first-order chi connectivity index (χ1) is 9.13. The molecule has 1 unspecified atom stereocenters. The van der Waals surface area contributed by atoms with Gasteiger partial charge in [0.1, 0.15) is 12.0 Å². The maximum atomic E-state index is 11.8. The van der Waals surface area contributed by atoms with E-state index in [1.165, 1.54) is 12.3 Å². The SMILES string of the molecule is O=C1CC(Nc2ccc([N+](=O)[O-])cn2)CN1C1CC1. The summed E-state index contributed by atoms with van der Waals surface area (Å²) < 4.78 is 0. The van der Waals surface area contributed by atoms with Crippen LogP contribution in [0.1, 0.15) is 19.3 Å². The summed E-state index contributed by atoms with van der Waals surface area (Å²) in [5.74, 6) is 0.753. The van der Waals surface area contributed by atoms with E-state index in [-0.39, 0.29) is 17.6 Å². The highest BCUT2D eigenvalue weighted by Crippen LogP contribution is 2.31. The number of aromatic nitrogens is 1. The standard InChI is InChI=1S/C12H14N4O3/c17-12-5-8(7-15(12)9-1-2-9)14-11-4-3-10(6-13-11)16(18)19/h3-4,6,8-9H,1-2,5,7H2,(H,13,14). The van der Waals surface area contributed by atoms with Crippen LogP contribution in [-0.2, 0) is 4.79 Å². The summed E-state index contributed by atoms with van der Waals surface area (Å²) in [5.41, 5.74) is -0.0346. The largest absolute Gasteiger partial charge is 0.365 e. The zero-order valence-corrected chi connectivity index (χ0v) is 10.3. The van der Waals surface area contributed by atoms with E-state index in [9.17, 15) is 14.9 Å². The van der Waals surface area contributed by atoms with Gasteiger partial charge in [0, 0.05) is 25.1 Å². The zero-order valence-electron chi connectivity index (χ0n) is 10.3. The minimum Gasteiger partial charge on any atom is -0.365 e. The van der Waals surface area contributed by atoms with Gasteiger partial charge in [-0.05, 0) is 18.9 Å². The highest BCUT2D eigenvalue weighted by molar-refractivity contribution is 5.80. The molecule has 19 heavy (non-hydrogen) atoms. The molecule has 1 N–H and O–H groups in total. The van der Waals surface area contributed by atoms with Crippen LogP contribution in [0.15, 0.2) is 18.3 Å². The molecule has 0 radical (unpaired) electrons. The van der Waals surface area contributed by atoms with Crippen molar-refractivity contribution in [3.8, 4) is 0 Å². The second-order valence-electron chi connectivity index (χ2n) is 4.98. The molecule has 0 aromatic carbocycles. The van der Waals surface area contributed by atoms with E-state index in [2.05, 4.69) is 10.3 Å². The Bertz CT molecular complexity index is 512. The third-order valence-electron chi connectivity index (χ3n) is 3.46. The molecule has 1 aliphatic heterocycles. The number of nitro groups is 1. The van der Waals surface area contributed by atoms with Crippen molar-refractivity contribution < 1.29 is 9.72 Å². The van der Waals surface area contributed by atoms with E-state index < -0.39 is 4.92 Å². The van der Waals surface area contributed by atoms with Crippen molar-refractivity contribution in [1.82, 2.24) is 9.88 Å². The Morgan fingerprint density at radius 1 is 1.42 bits per heavy atom. The molecule has 2 fully saturated rings. The van der Waals surface area contributed by atoms with Crippen molar-refractivity contribution in [2.75, 3.05) is 11.9 Å². The summed E-state index contributed by atoms with van der Waals surface area (Å²) in [4.78, 5) is 27.7. The Morgan fingerprint density at radius 3 is 2.79 bits per heavy atom. The van der Waals surface area contributed by atoms with Gasteiger partial charge in [-0.25, -0.2) is 4.98 Å². The lowest BCUT2D eigenvalue weighted by Crippen LogP contribution is -2.29. The Hall–Kier alpha value is -2.18. The molecule has 1 saturated heterocycles. The first-order valence-corrected chi connectivity index (χ1v) is 6.30. The predicted molar refractivity (Wildman–Crippen MR) is 67.7 cm³/mol. The Labute approximate surface area is 109 Å². The van der Waals surface area contributed by atoms with Crippen LogP contribution in [-0.4, -0.2) is 39.3 Å². The minimum absolute atomic E-state index is 0.0346. The molecular formula is C12H14N4O3. The minimum atomic E-state index is -0.481. The number of rotatable bonds is 4. The molecule has 1 aromatic rings. The summed E-state index contributed by atoms with van der Waals surface area (Å²) in [6.07, 6.45) is 3.90. The molecule has 1 amide bonds. The van der Waals surface area contributed by atoms with Gasteiger partial charge in [-0.2, -0.15) is 0 Å². The van der Waals surface area contributed by atoms with E-state index in [1.54, 1.807) is 6.07 Å². The third kappa shape index (κ3) is 2.49. The first kappa shape index (κ1) is 11.9. The summed E-state index contributed by atoms with van der Waals surface area (Å²) in [7, 11) is 0. The number of likely N-dealkylation sites (tertiary alicyclic amines) is 1. The molecular weight excluding hydrogens is 248 g/mol. The van der Waals surface area contributed by atoms with Gasteiger partial charge in [0.25, 0.3) is 5.69 Å². The van der Waals surface area contributed by atoms with Gasteiger partial charge in [0.2, 0.25) is 5.91 Å². The fourth-order valence-corrected chi connectivity index (χ4v) is 2.36. The number of hydrogen-bond acceptors (Lipinski definition) is 5. The topological polar surface area (TPSA) is 88.4 Å². The van der Waals surface area contributed by atoms with Gasteiger partial charge in [0.05, 0.1) is 11.0 Å². The van der Waals surface area contributed by atoms with Crippen molar-refractivity contribution >= 4 is 17.4 Å². The van der Waals surface area contributed by atoms with Crippen LogP contribution in [0.4, 0.5) is 11.5 Å². The van der Waals surface area contributed by atoms with Crippen LogP contribution in [0.5, 0.6) is 0 Å². The van der Waals surface area contributed by atoms with Gasteiger partial charge < -0.3 is 10.2 Å². The van der Waals surface area contributed by atoms with Crippen LogP contribution in [0.3, 0.4) is 0 Å². The summed E-state index contributed by atoms with van der Waals surface area (Å²) in [5, 5.41) is 13.7. The Morgan fingerprint density at radius 2 is 2.21 bits per heavy atom. The first-order valence-electron chi connectivity index (χ1n) is 6.30. The van der Waals surface area contributed by atoms with Gasteiger partial charge in [0.15, 0.2) is 0 Å². The molecule has 1 saturated carbocycles. The second kappa shape index (κ2) is 4.49. The van der Waals surface area contributed by atoms with Crippen LogP contribution in [0.2, 0.25) is 0 Å². The second-order valence-corrected chi connectivity index (χ2v) is 4.98. The summed E-state index contributed by atoms with van der Waals surface area (Å²) in [6, 6.07) is 3.46. The molecule has 7 heteroatoms. The van der Waals surface area contributed by atoms with Crippen molar-refractivity contribution in [3.63, 3.8) is 0 Å². The van der Waals surface area contributed by atoms with E-state index in [1.807, 2.05) is 4.90 Å². The van der Waals surface area contributed by atoms with Crippen molar-refractivity contribution in [2.24, 2.45) is 0 Å². The highest BCUT2D eigenvalue weighted by Gasteiger charge is 2.39. The fourth-order valence-electron chi connectivity index (χ4n) is 2.36. The molecule has 2 heterocycles. The number of hydrogen-bond donors (Lipinski definition) is 1. The lowest BCUT2D eigenvalue weighted by molar-refractivity contribution is -0.385. The molecule has 1 aliphatic carbocycles. The molecule has 7 nitrogen and oxygen atoms in total. The van der Waals surface area contributed by atoms with Gasteiger partial charge in [-0.3, -0.25) is 14.9 Å². The number of carbonyl (C=O) groups is 1. The van der Waals surface area contributed by atoms with Crippen LogP contribution in [0.25, 0.3) is 0 Å². The monoisotopic (exact) mass is 262 g/mol. The van der Waals surface area contributed by atoms with E-state index in [0.29, 0.717) is 24.8 Å². The Balaban J connectivity index is 1.62. The van der Waals surface area contributed by atoms with Crippen molar-refractivity contribution in [1.29, 1.82) is 0 Å². The molecule has 100 valence electrons. The molecule has 3 rings (SSSR count). The molecule has 1 aromatic heterocycles. The fraction of sp³-hybridized carbons (Fsp3) is 0.500. The third-order valence-corrected chi connectivity index (χ3v) is 3.46. The maximum Gasteiger partial charge on any atom is 0.287 e. The lowest BCUT2D eigenvalue weighted by Gasteiger charge is -2.16. The predicted octanol–water partition coefficient (Wildman–Crippen LogP) is 1.17. The van der Waals surface area contributed by atoms with E-state index >= 15 is 0 Å². The number of carbonyl (C=O) groups excluding carboxylic acids is 1. The zero-order chi connectivity index (χ0) is 13.4. The number of anilines is 1. The number of pyridine rings is 1. The normalized spacial score (nSPS) is 22.6. The van der Waals surface area contributed by atoms with E-state index in [4.69, 9.17) is 0 Å². The average molecular weight is 262 g/mol. The van der Waals surface area contributed by atoms with Crippen molar-refractivity contribution in [2.45, 2.75) is 31.3 Å². The average Bonchev–Trinajstić information content (AvgIpc) is 3.15. The maximum absolute atomic E-state index is 11.8. The van der Waals surface area contributed by atoms with Gasteiger partial charge in [-0.1, -0.05) is 0 Å². The van der Waals surface area contributed by atoms with Crippen molar-refractivity contribution in [3.05, 3.63) is 28.4 Å². The molecule has 1 atom stereocenters. The lowest BCUT2D eigenvalue weighted by atomic mass is 10.2. The highest BCUT2D eigenvalue weighted by atomic mass is 16.6. The molecule has 0 bridgehead atoms. The quantitative estimate of drug-likeness (QED) is 0.649. The van der Waals surface area contributed by atoms with Gasteiger partial charge in [-0.15, -0.1) is 0 Å². The van der Waals surface area contributed by atoms with E-state index in [0.717, 1.165) is 12.8 Å². The number of amides is 1. The molecule has 2 aliphatic rings. The summed E-state index contributed by atoms with van der Waals surface area (Å²) >= 11 is 0. The smallest absolute Gasteiger partial charge is 0.287 e. The number of nitrogens with zero attached hydrogens (tertiary/aromatic N) is 3. The Kier molecular flexibility index (Phi) is 2.81. The van der Waals surface area contributed by atoms with Crippen LogP contribution in [0, 0.1) is 10.1 Å². The van der Waals surface area contributed by atoms with Crippen LogP contribution < -0.4 is 5.32 Å². The molecule has 0 spiro atoms. The summed E-state index contributed by atoms with van der Waals surface area (Å²) in [6.45, 7) is 0.697.